The third kappa shape index (κ3) is 3.46. The zero-order valence-corrected chi connectivity index (χ0v) is 17.2. The fourth-order valence-electron chi connectivity index (χ4n) is 3.99. The number of amides is 1. The van der Waals surface area contributed by atoms with Gasteiger partial charge in [-0.15, -0.1) is 0 Å². The number of hydrogen-bond acceptors (Lipinski definition) is 1. The Morgan fingerprint density at radius 2 is 1.55 bits per heavy atom. The molecule has 1 aromatic heterocycles. The van der Waals surface area contributed by atoms with E-state index in [0.717, 1.165) is 57.9 Å². The molecule has 3 nitrogen and oxygen atoms in total. The molecule has 1 heterocycles. The molecule has 1 fully saturated rings. The van der Waals surface area contributed by atoms with E-state index in [1.54, 1.807) is 6.07 Å². The van der Waals surface area contributed by atoms with E-state index in [-0.39, 0.29) is 11.9 Å². The number of nitrogens with zero attached hydrogens (tertiary/aromatic N) is 1. The molecule has 0 saturated heterocycles. The van der Waals surface area contributed by atoms with Crippen LogP contribution in [-0.4, -0.2) is 16.5 Å². The smallest absolute Gasteiger partial charge is 0.349 e. The molecule has 4 aromatic rings. The summed E-state index contributed by atoms with van der Waals surface area (Å²) in [5.41, 5.74) is 4.51. The van der Waals surface area contributed by atoms with E-state index in [4.69, 9.17) is 0 Å². The highest BCUT2D eigenvalue weighted by Gasteiger charge is 2.30. The maximum Gasteiger partial charge on any atom is 0.416 e. The standard InChI is InChI=1S/C25H21F3N2O/c1-14-11-20-21-13-16(24(31)29-18-6-7-18)3-10-22(21)30(23(20)12-15(14)2)19-8-4-17(5-9-19)25(26,27)28/h3-5,8-13,18H,6-7H2,1-2H3,(H,29,31). The molecule has 0 unspecified atom stereocenters. The second-order valence-corrected chi connectivity index (χ2v) is 8.31. The van der Waals surface area contributed by atoms with Crippen LogP contribution in [0.15, 0.2) is 54.6 Å². The molecule has 1 aliphatic rings. The van der Waals surface area contributed by atoms with Crippen LogP contribution in [0, 0.1) is 13.8 Å². The van der Waals surface area contributed by atoms with E-state index in [0.29, 0.717) is 11.3 Å². The molecule has 0 aliphatic heterocycles. The van der Waals surface area contributed by atoms with Gasteiger partial charge in [0.05, 0.1) is 16.6 Å². The summed E-state index contributed by atoms with van der Waals surface area (Å²) in [5, 5.41) is 4.89. The minimum Gasteiger partial charge on any atom is -0.349 e. The van der Waals surface area contributed by atoms with Crippen LogP contribution in [-0.2, 0) is 6.18 Å². The van der Waals surface area contributed by atoms with Crippen molar-refractivity contribution in [1.82, 2.24) is 9.88 Å². The molecule has 158 valence electrons. The number of carbonyl (C=O) groups is 1. The lowest BCUT2D eigenvalue weighted by atomic mass is 10.0. The van der Waals surface area contributed by atoms with Gasteiger partial charge in [0.1, 0.15) is 0 Å². The van der Waals surface area contributed by atoms with Gasteiger partial charge in [0.15, 0.2) is 0 Å². The summed E-state index contributed by atoms with van der Waals surface area (Å²) in [6, 6.07) is 15.1. The molecule has 6 heteroatoms. The number of aryl methyl sites for hydroxylation is 2. The Balaban J connectivity index is 1.72. The van der Waals surface area contributed by atoms with Crippen molar-refractivity contribution in [1.29, 1.82) is 0 Å². The van der Waals surface area contributed by atoms with Crippen LogP contribution in [0.1, 0.15) is 39.9 Å². The van der Waals surface area contributed by atoms with E-state index in [2.05, 4.69) is 11.4 Å². The van der Waals surface area contributed by atoms with Crippen molar-refractivity contribution in [3.63, 3.8) is 0 Å². The van der Waals surface area contributed by atoms with Crippen molar-refractivity contribution in [2.75, 3.05) is 0 Å². The number of carbonyl (C=O) groups excluding carboxylic acids is 1. The number of aromatic nitrogens is 1. The fraction of sp³-hybridized carbons (Fsp3) is 0.240. The van der Waals surface area contributed by atoms with Gasteiger partial charge in [0.2, 0.25) is 0 Å². The second kappa shape index (κ2) is 6.87. The molecule has 31 heavy (non-hydrogen) atoms. The summed E-state index contributed by atoms with van der Waals surface area (Å²) in [4.78, 5) is 12.6. The molecule has 5 rings (SSSR count). The van der Waals surface area contributed by atoms with Gasteiger partial charge in [-0.05, 0) is 92.4 Å². The van der Waals surface area contributed by atoms with Gasteiger partial charge < -0.3 is 9.88 Å². The van der Waals surface area contributed by atoms with Gasteiger partial charge in [-0.3, -0.25) is 4.79 Å². The zero-order chi connectivity index (χ0) is 21.9. The van der Waals surface area contributed by atoms with Crippen LogP contribution in [0.25, 0.3) is 27.5 Å². The summed E-state index contributed by atoms with van der Waals surface area (Å²) in [7, 11) is 0. The number of fused-ring (bicyclic) bond motifs is 3. The van der Waals surface area contributed by atoms with Crippen molar-refractivity contribution in [3.05, 3.63) is 76.9 Å². The Kier molecular flexibility index (Phi) is 4.36. The first-order valence-corrected chi connectivity index (χ1v) is 10.3. The summed E-state index contributed by atoms with van der Waals surface area (Å²) < 4.78 is 41.1. The van der Waals surface area contributed by atoms with Gasteiger partial charge in [0, 0.05) is 28.1 Å². The summed E-state index contributed by atoms with van der Waals surface area (Å²) >= 11 is 0. The maximum absolute atomic E-state index is 13.0. The van der Waals surface area contributed by atoms with Crippen molar-refractivity contribution in [3.8, 4) is 5.69 Å². The lowest BCUT2D eigenvalue weighted by molar-refractivity contribution is -0.137. The number of rotatable bonds is 3. The van der Waals surface area contributed by atoms with Crippen molar-refractivity contribution in [2.45, 2.75) is 38.9 Å². The summed E-state index contributed by atoms with van der Waals surface area (Å²) in [5.74, 6) is -0.0938. The van der Waals surface area contributed by atoms with E-state index < -0.39 is 11.7 Å². The van der Waals surface area contributed by atoms with Crippen LogP contribution >= 0.6 is 0 Å². The van der Waals surface area contributed by atoms with Gasteiger partial charge in [-0.2, -0.15) is 13.2 Å². The second-order valence-electron chi connectivity index (χ2n) is 8.31. The summed E-state index contributed by atoms with van der Waals surface area (Å²) in [6.07, 6.45) is -2.35. The molecule has 3 aromatic carbocycles. The maximum atomic E-state index is 13.0. The number of alkyl halides is 3. The highest BCUT2D eigenvalue weighted by Crippen LogP contribution is 2.36. The van der Waals surface area contributed by atoms with E-state index in [1.807, 2.05) is 36.6 Å². The molecule has 0 radical (unpaired) electrons. The molecule has 1 N–H and O–H groups in total. The van der Waals surface area contributed by atoms with Crippen LogP contribution in [0.3, 0.4) is 0 Å². The first-order valence-electron chi connectivity index (χ1n) is 10.3. The zero-order valence-electron chi connectivity index (χ0n) is 17.2. The third-order valence-electron chi connectivity index (χ3n) is 6.01. The van der Waals surface area contributed by atoms with Gasteiger partial charge >= 0.3 is 6.18 Å². The van der Waals surface area contributed by atoms with E-state index in [1.165, 1.54) is 12.1 Å². The van der Waals surface area contributed by atoms with Gasteiger partial charge in [-0.25, -0.2) is 0 Å². The lowest BCUT2D eigenvalue weighted by Crippen LogP contribution is -2.25. The third-order valence-corrected chi connectivity index (χ3v) is 6.01. The molecule has 1 amide bonds. The van der Waals surface area contributed by atoms with Gasteiger partial charge in [0.25, 0.3) is 5.91 Å². The highest BCUT2D eigenvalue weighted by molar-refractivity contribution is 6.12. The Hall–Kier alpha value is -3.28. The average Bonchev–Trinajstić information content (AvgIpc) is 3.49. The molecular weight excluding hydrogens is 401 g/mol. The quantitative estimate of drug-likeness (QED) is 0.412. The predicted molar refractivity (Wildman–Crippen MR) is 116 cm³/mol. The van der Waals surface area contributed by atoms with Crippen LogP contribution in [0.4, 0.5) is 13.2 Å². The van der Waals surface area contributed by atoms with Crippen molar-refractivity contribution < 1.29 is 18.0 Å². The van der Waals surface area contributed by atoms with Crippen LogP contribution < -0.4 is 5.32 Å². The molecule has 0 spiro atoms. The molecule has 1 saturated carbocycles. The average molecular weight is 422 g/mol. The number of halogens is 3. The Bertz CT molecular complexity index is 1330. The minimum absolute atomic E-state index is 0.0938. The van der Waals surface area contributed by atoms with Gasteiger partial charge in [-0.1, -0.05) is 0 Å². The summed E-state index contributed by atoms with van der Waals surface area (Å²) in [6.45, 7) is 4.04. The predicted octanol–water partition coefficient (Wildman–Crippen LogP) is 6.31. The number of benzene rings is 3. The van der Waals surface area contributed by atoms with Crippen LogP contribution in [0.5, 0.6) is 0 Å². The minimum atomic E-state index is -4.38. The van der Waals surface area contributed by atoms with E-state index in [9.17, 15) is 18.0 Å². The first-order chi connectivity index (χ1) is 14.7. The Morgan fingerprint density at radius 3 is 2.19 bits per heavy atom. The van der Waals surface area contributed by atoms with Crippen molar-refractivity contribution >= 4 is 27.7 Å². The number of hydrogen-bond donors (Lipinski definition) is 1. The molecular formula is C25H21F3N2O. The first kappa shape index (κ1) is 19.7. The molecule has 1 aliphatic carbocycles. The number of nitrogens with one attached hydrogen (secondary N) is 1. The SMILES string of the molecule is Cc1cc2c3cc(C(=O)NC4CC4)ccc3n(-c3ccc(C(F)(F)F)cc3)c2cc1C. The van der Waals surface area contributed by atoms with E-state index >= 15 is 0 Å². The lowest BCUT2D eigenvalue weighted by Gasteiger charge is -2.11. The monoisotopic (exact) mass is 422 g/mol. The normalized spacial score (nSPS) is 14.4. The Labute approximate surface area is 177 Å². The molecule has 0 atom stereocenters. The molecule has 0 bridgehead atoms. The fourth-order valence-corrected chi connectivity index (χ4v) is 3.99. The highest BCUT2D eigenvalue weighted by atomic mass is 19.4. The largest absolute Gasteiger partial charge is 0.416 e. The Morgan fingerprint density at radius 1 is 0.903 bits per heavy atom. The van der Waals surface area contributed by atoms with Crippen molar-refractivity contribution in [2.24, 2.45) is 0 Å². The topological polar surface area (TPSA) is 34.0 Å². The van der Waals surface area contributed by atoms with Crippen LogP contribution in [0.2, 0.25) is 0 Å².